The van der Waals surface area contributed by atoms with E-state index >= 15 is 0 Å². The van der Waals surface area contributed by atoms with Crippen molar-refractivity contribution in [2.24, 2.45) is 5.92 Å². The fraction of sp³-hybridized carbons (Fsp3) is 0.955. The molecular weight excluding hydrogens is 1390 g/mol. The van der Waals surface area contributed by atoms with Crippen molar-refractivity contribution in [3.8, 4) is 0 Å². The molecule has 19 heteroatoms. The van der Waals surface area contributed by atoms with Crippen molar-refractivity contribution in [1.29, 1.82) is 0 Å². The molecule has 0 aromatic carbocycles. The van der Waals surface area contributed by atoms with Gasteiger partial charge in [0.2, 0.25) is 0 Å². The third kappa shape index (κ3) is 81.9. The van der Waals surface area contributed by atoms with Crippen LogP contribution in [0.25, 0.3) is 0 Å². The molecule has 0 saturated heterocycles. The van der Waals surface area contributed by atoms with Crippen LogP contribution in [0, 0.1) is 5.92 Å². The van der Waals surface area contributed by atoms with E-state index in [-0.39, 0.29) is 25.7 Å². The Balaban J connectivity index is 5.20. The van der Waals surface area contributed by atoms with Crippen molar-refractivity contribution in [1.82, 2.24) is 0 Å². The number of aliphatic hydroxyl groups is 1. The molecular formula is C88H172O17P2. The number of esters is 4. The Morgan fingerprint density at radius 3 is 0.636 bits per heavy atom. The molecule has 0 aliphatic heterocycles. The van der Waals surface area contributed by atoms with Gasteiger partial charge in [0, 0.05) is 25.7 Å². The van der Waals surface area contributed by atoms with E-state index in [1.165, 1.54) is 302 Å². The largest absolute Gasteiger partial charge is 0.472 e. The van der Waals surface area contributed by atoms with Gasteiger partial charge in [-0.05, 0) is 31.6 Å². The Hall–Kier alpha value is -1.94. The van der Waals surface area contributed by atoms with Gasteiger partial charge in [-0.15, -0.1) is 0 Å². The van der Waals surface area contributed by atoms with Crippen molar-refractivity contribution < 1.29 is 80.2 Å². The van der Waals surface area contributed by atoms with Gasteiger partial charge in [-0.1, -0.05) is 426 Å². The third-order valence-corrected chi connectivity index (χ3v) is 22.7. The topological polar surface area (TPSA) is 237 Å². The van der Waals surface area contributed by atoms with Crippen LogP contribution in [0.2, 0.25) is 0 Å². The molecule has 2 unspecified atom stereocenters. The summed E-state index contributed by atoms with van der Waals surface area (Å²) in [6.07, 6.45) is 75.2. The molecule has 0 rings (SSSR count). The monoisotopic (exact) mass is 1560 g/mol. The van der Waals surface area contributed by atoms with Gasteiger partial charge in [-0.2, -0.15) is 0 Å². The van der Waals surface area contributed by atoms with Crippen LogP contribution in [-0.2, 0) is 65.4 Å². The molecule has 0 aliphatic rings. The van der Waals surface area contributed by atoms with Crippen LogP contribution in [0.4, 0.5) is 0 Å². The molecule has 3 N–H and O–H groups in total. The highest BCUT2D eigenvalue weighted by Crippen LogP contribution is 2.45. The minimum absolute atomic E-state index is 0.107. The predicted molar refractivity (Wildman–Crippen MR) is 442 cm³/mol. The Kier molecular flexibility index (Phi) is 79.2. The summed E-state index contributed by atoms with van der Waals surface area (Å²) in [7, 11) is -9.93. The molecule has 0 bridgehead atoms. The highest BCUT2D eigenvalue weighted by molar-refractivity contribution is 7.47. The summed E-state index contributed by atoms with van der Waals surface area (Å²) >= 11 is 0. The van der Waals surface area contributed by atoms with Crippen molar-refractivity contribution in [3.05, 3.63) is 0 Å². The first-order chi connectivity index (χ1) is 52.0. The maximum Gasteiger partial charge on any atom is 0.472 e. The summed E-state index contributed by atoms with van der Waals surface area (Å²) in [5.74, 6) is -1.33. The Morgan fingerprint density at radius 1 is 0.252 bits per heavy atom. The highest BCUT2D eigenvalue weighted by Gasteiger charge is 2.30. The average Bonchev–Trinajstić information content (AvgIpc) is 0.905. The van der Waals surface area contributed by atoms with Crippen molar-refractivity contribution in [3.63, 3.8) is 0 Å². The minimum Gasteiger partial charge on any atom is -0.462 e. The number of phosphoric acid groups is 2. The van der Waals surface area contributed by atoms with Crippen molar-refractivity contribution in [2.45, 2.75) is 496 Å². The van der Waals surface area contributed by atoms with Crippen LogP contribution in [0.1, 0.15) is 478 Å². The SMILES string of the molecule is CCCCCCCCCCCCCCCCCCCCCCCCC(=O)O[C@H](COC(=O)CCCCCCCCCCCCCCCCCCCCCCC)COP(=O)(O)OC[C@@H](O)COP(=O)(O)OC[C@@H](COC(=O)CCCCCCCCCCCC)OC(=O)CCCCCCCCCCCCCC(C)C. The number of unbranched alkanes of at least 4 members (excludes halogenated alkanes) is 60. The van der Waals surface area contributed by atoms with Crippen LogP contribution < -0.4 is 0 Å². The van der Waals surface area contributed by atoms with Crippen molar-refractivity contribution >= 4 is 39.5 Å². The standard InChI is InChI=1S/C88H172O17P2/c1-6-9-12-15-18-21-24-26-28-30-32-34-36-38-40-42-44-48-53-58-63-68-73-87(92)104-84(78-99-86(91)72-67-62-57-52-47-43-41-39-37-35-33-31-29-27-25-22-19-16-13-10-7-2)80-103-107(96,97)101-76-82(89)75-100-106(94,95)102-79-83(77-98-85(90)71-66-61-56-51-23-20-17-14-11-8-3)105-88(93)74-69-64-59-54-49-45-46-50-55-60-65-70-81(4)5/h81-84,89H,6-80H2,1-5H3,(H,94,95)(H,96,97)/t82-,83+,84+/m0/s1. The number of rotatable bonds is 88. The van der Waals surface area contributed by atoms with E-state index in [9.17, 15) is 43.2 Å². The van der Waals surface area contributed by atoms with E-state index in [1.54, 1.807) is 0 Å². The normalized spacial score (nSPS) is 13.7. The molecule has 0 spiro atoms. The molecule has 0 aromatic heterocycles. The second kappa shape index (κ2) is 80.7. The maximum atomic E-state index is 13.2. The predicted octanol–water partition coefficient (Wildman–Crippen LogP) is 27.2. The van der Waals surface area contributed by atoms with Gasteiger partial charge in [-0.3, -0.25) is 37.3 Å². The number of hydrogen-bond donors (Lipinski definition) is 3. The van der Waals surface area contributed by atoms with Crippen LogP contribution >= 0.6 is 15.6 Å². The van der Waals surface area contributed by atoms with Gasteiger partial charge in [0.15, 0.2) is 12.2 Å². The highest BCUT2D eigenvalue weighted by atomic mass is 31.2. The van der Waals surface area contributed by atoms with E-state index in [0.717, 1.165) is 95.8 Å². The summed E-state index contributed by atoms with van der Waals surface area (Å²) in [6.45, 7) is 7.36. The Morgan fingerprint density at radius 2 is 0.430 bits per heavy atom. The third-order valence-electron chi connectivity index (χ3n) is 20.8. The summed E-state index contributed by atoms with van der Waals surface area (Å²) < 4.78 is 68.9. The van der Waals surface area contributed by atoms with E-state index in [0.29, 0.717) is 25.7 Å². The number of carbonyl (C=O) groups is 4. The fourth-order valence-corrected chi connectivity index (χ4v) is 15.4. The van der Waals surface area contributed by atoms with E-state index < -0.39 is 97.5 Å². The lowest BCUT2D eigenvalue weighted by molar-refractivity contribution is -0.161. The molecule has 0 amide bonds. The molecule has 0 heterocycles. The van der Waals surface area contributed by atoms with Gasteiger partial charge in [0.05, 0.1) is 26.4 Å². The molecule has 0 saturated carbocycles. The first kappa shape index (κ1) is 105. The Bertz CT molecular complexity index is 2030. The van der Waals surface area contributed by atoms with E-state index in [4.69, 9.17) is 37.0 Å². The number of hydrogen-bond acceptors (Lipinski definition) is 15. The zero-order valence-electron chi connectivity index (χ0n) is 70.3. The molecule has 0 radical (unpaired) electrons. The lowest BCUT2D eigenvalue weighted by atomic mass is 10.0. The van der Waals surface area contributed by atoms with Crippen LogP contribution in [0.5, 0.6) is 0 Å². The van der Waals surface area contributed by atoms with Gasteiger partial charge < -0.3 is 33.8 Å². The summed E-state index contributed by atoms with van der Waals surface area (Å²) in [6, 6.07) is 0. The second-order valence-electron chi connectivity index (χ2n) is 32.1. The second-order valence-corrected chi connectivity index (χ2v) is 35.0. The number of aliphatic hydroxyl groups excluding tert-OH is 1. The maximum absolute atomic E-state index is 13.2. The number of phosphoric ester groups is 2. The molecule has 17 nitrogen and oxygen atoms in total. The minimum atomic E-state index is -4.97. The molecule has 0 aliphatic carbocycles. The summed E-state index contributed by atoms with van der Waals surface area (Å²) in [4.78, 5) is 73.2. The van der Waals surface area contributed by atoms with Crippen molar-refractivity contribution in [2.75, 3.05) is 39.6 Å². The lowest BCUT2D eigenvalue weighted by Crippen LogP contribution is -2.30. The van der Waals surface area contributed by atoms with Gasteiger partial charge in [-0.25, -0.2) is 9.13 Å². The quantitative estimate of drug-likeness (QED) is 0.0222. The summed E-state index contributed by atoms with van der Waals surface area (Å²) in [5.41, 5.74) is 0. The van der Waals surface area contributed by atoms with Gasteiger partial charge >= 0.3 is 39.5 Å². The van der Waals surface area contributed by atoms with Crippen LogP contribution in [-0.4, -0.2) is 96.7 Å². The molecule has 0 fully saturated rings. The number of carbonyl (C=O) groups excluding carboxylic acids is 4. The molecule has 5 atom stereocenters. The molecule has 636 valence electrons. The number of ether oxygens (including phenoxy) is 4. The smallest absolute Gasteiger partial charge is 0.462 e. The zero-order chi connectivity index (χ0) is 78.3. The fourth-order valence-electron chi connectivity index (χ4n) is 13.8. The average molecular weight is 1560 g/mol. The summed E-state index contributed by atoms with van der Waals surface area (Å²) in [5, 5.41) is 10.7. The zero-order valence-corrected chi connectivity index (χ0v) is 72.1. The molecule has 107 heavy (non-hydrogen) atoms. The van der Waals surface area contributed by atoms with Gasteiger partial charge in [0.25, 0.3) is 0 Å². The van der Waals surface area contributed by atoms with E-state index in [2.05, 4.69) is 34.6 Å². The molecule has 0 aromatic rings. The van der Waals surface area contributed by atoms with Crippen LogP contribution in [0.3, 0.4) is 0 Å². The van der Waals surface area contributed by atoms with Gasteiger partial charge in [0.1, 0.15) is 19.3 Å². The Labute approximate surface area is 658 Å². The lowest BCUT2D eigenvalue weighted by Gasteiger charge is -2.21. The first-order valence-electron chi connectivity index (χ1n) is 45.6. The first-order valence-corrected chi connectivity index (χ1v) is 48.6. The van der Waals surface area contributed by atoms with Crippen LogP contribution in [0.15, 0.2) is 0 Å². The van der Waals surface area contributed by atoms with E-state index in [1.807, 2.05) is 0 Å².